The van der Waals surface area contributed by atoms with Crippen LogP contribution in [0.15, 0.2) is 24.3 Å². The van der Waals surface area contributed by atoms with Gasteiger partial charge in [-0.1, -0.05) is 25.5 Å². The van der Waals surface area contributed by atoms with Gasteiger partial charge in [0.25, 0.3) is 0 Å². The van der Waals surface area contributed by atoms with Crippen LogP contribution in [0.5, 0.6) is 0 Å². The van der Waals surface area contributed by atoms with E-state index < -0.39 is 0 Å². The van der Waals surface area contributed by atoms with E-state index in [1.807, 2.05) is 12.1 Å². The maximum Gasteiger partial charge on any atom is 0.0558 e. The fraction of sp³-hybridized carbons (Fsp3) is 0.571. The molecule has 1 rings (SSSR count). The van der Waals surface area contributed by atoms with Crippen LogP contribution in [0, 0.1) is 0 Å². The van der Waals surface area contributed by atoms with Crippen LogP contribution in [0.4, 0.5) is 5.69 Å². The van der Waals surface area contributed by atoms with E-state index in [-0.39, 0.29) is 6.61 Å². The quantitative estimate of drug-likeness (QED) is 0.715. The van der Waals surface area contributed by atoms with Crippen molar-refractivity contribution in [2.75, 3.05) is 25.4 Å². The molecule has 96 valence electrons. The predicted octanol–water partition coefficient (Wildman–Crippen LogP) is 2.42. The Morgan fingerprint density at radius 1 is 1.24 bits per heavy atom. The second kappa shape index (κ2) is 7.30. The second-order valence-corrected chi connectivity index (χ2v) is 4.46. The maximum atomic E-state index is 9.11. The fourth-order valence-corrected chi connectivity index (χ4v) is 1.97. The highest BCUT2D eigenvalue weighted by molar-refractivity contribution is 5.40. The van der Waals surface area contributed by atoms with Gasteiger partial charge in [0.05, 0.1) is 6.61 Å². The van der Waals surface area contributed by atoms with Crippen molar-refractivity contribution in [3.63, 3.8) is 0 Å². The Morgan fingerprint density at radius 2 is 1.88 bits per heavy atom. The van der Waals surface area contributed by atoms with E-state index in [1.54, 1.807) is 0 Å². The molecule has 0 aliphatic rings. The van der Waals surface area contributed by atoms with E-state index >= 15 is 0 Å². The zero-order chi connectivity index (χ0) is 12.7. The number of unbranched alkanes of at least 4 members (excludes halogenated alkanes) is 1. The van der Waals surface area contributed by atoms with E-state index in [1.165, 1.54) is 18.4 Å². The number of aliphatic hydroxyl groups excluding tert-OH is 1. The summed E-state index contributed by atoms with van der Waals surface area (Å²) >= 11 is 0. The lowest BCUT2D eigenvalue weighted by atomic mass is 10.1. The Balaban J connectivity index is 2.68. The standard InChI is InChI=1S/C14H24N2O/c1-3-4-9-16(10-11-17)12(2)13-5-7-14(15)8-6-13/h5-8,12,17H,3-4,9-11,15H2,1-2H3. The highest BCUT2D eigenvalue weighted by Crippen LogP contribution is 2.21. The molecule has 1 aromatic carbocycles. The largest absolute Gasteiger partial charge is 0.399 e. The van der Waals surface area contributed by atoms with Crippen LogP contribution in [0.3, 0.4) is 0 Å². The first kappa shape index (κ1) is 14.0. The molecule has 0 bridgehead atoms. The molecule has 0 fully saturated rings. The van der Waals surface area contributed by atoms with Crippen LogP contribution < -0.4 is 5.73 Å². The molecule has 0 spiro atoms. The summed E-state index contributed by atoms with van der Waals surface area (Å²) in [4.78, 5) is 2.31. The number of nitrogens with zero attached hydrogens (tertiary/aromatic N) is 1. The van der Waals surface area contributed by atoms with Crippen molar-refractivity contribution >= 4 is 5.69 Å². The van der Waals surface area contributed by atoms with Crippen LogP contribution >= 0.6 is 0 Å². The SMILES string of the molecule is CCCCN(CCO)C(C)c1ccc(N)cc1. The van der Waals surface area contributed by atoms with Gasteiger partial charge in [-0.2, -0.15) is 0 Å². The first-order valence-corrected chi connectivity index (χ1v) is 6.39. The van der Waals surface area contributed by atoms with E-state index in [2.05, 4.69) is 30.9 Å². The molecule has 3 heteroatoms. The van der Waals surface area contributed by atoms with Crippen LogP contribution in [0.25, 0.3) is 0 Å². The smallest absolute Gasteiger partial charge is 0.0558 e. The van der Waals surface area contributed by atoms with Crippen molar-refractivity contribution in [2.24, 2.45) is 0 Å². The van der Waals surface area contributed by atoms with E-state index in [0.29, 0.717) is 6.04 Å². The van der Waals surface area contributed by atoms with Gasteiger partial charge >= 0.3 is 0 Å². The summed E-state index contributed by atoms with van der Waals surface area (Å²) in [6.07, 6.45) is 2.34. The lowest BCUT2D eigenvalue weighted by Gasteiger charge is -2.28. The molecule has 17 heavy (non-hydrogen) atoms. The monoisotopic (exact) mass is 236 g/mol. The number of nitrogens with two attached hydrogens (primary N) is 1. The van der Waals surface area contributed by atoms with Gasteiger partial charge in [-0.25, -0.2) is 0 Å². The van der Waals surface area contributed by atoms with Crippen LogP contribution in [0.1, 0.15) is 38.3 Å². The highest BCUT2D eigenvalue weighted by Gasteiger charge is 2.14. The molecule has 0 amide bonds. The molecule has 0 saturated heterocycles. The third-order valence-electron chi connectivity index (χ3n) is 3.15. The minimum atomic E-state index is 0.211. The van der Waals surface area contributed by atoms with Crippen LogP contribution in [-0.2, 0) is 0 Å². The number of anilines is 1. The molecule has 3 N–H and O–H groups in total. The summed E-state index contributed by atoms with van der Waals surface area (Å²) in [6, 6.07) is 8.33. The van der Waals surface area contributed by atoms with Crippen LogP contribution in [-0.4, -0.2) is 29.7 Å². The molecule has 0 aromatic heterocycles. The molecule has 0 saturated carbocycles. The molecule has 3 nitrogen and oxygen atoms in total. The summed E-state index contributed by atoms with van der Waals surface area (Å²) < 4.78 is 0. The first-order chi connectivity index (χ1) is 8.19. The Morgan fingerprint density at radius 3 is 2.41 bits per heavy atom. The van der Waals surface area contributed by atoms with Crippen molar-refractivity contribution in [1.82, 2.24) is 4.90 Å². The normalized spacial score (nSPS) is 12.9. The third-order valence-corrected chi connectivity index (χ3v) is 3.15. The average molecular weight is 236 g/mol. The van der Waals surface area contributed by atoms with Crippen molar-refractivity contribution < 1.29 is 5.11 Å². The predicted molar refractivity (Wildman–Crippen MR) is 72.8 cm³/mol. The summed E-state index contributed by atoms with van der Waals surface area (Å²) in [5.74, 6) is 0. The fourth-order valence-electron chi connectivity index (χ4n) is 1.97. The Labute approximate surface area is 104 Å². The van der Waals surface area contributed by atoms with Crippen molar-refractivity contribution in [3.05, 3.63) is 29.8 Å². The van der Waals surface area contributed by atoms with Gasteiger partial charge in [-0.05, 0) is 37.6 Å². The van der Waals surface area contributed by atoms with Gasteiger partial charge in [0, 0.05) is 18.3 Å². The van der Waals surface area contributed by atoms with Gasteiger partial charge in [-0.3, -0.25) is 4.90 Å². The van der Waals surface area contributed by atoms with Crippen molar-refractivity contribution in [1.29, 1.82) is 0 Å². The lowest BCUT2D eigenvalue weighted by molar-refractivity contribution is 0.156. The second-order valence-electron chi connectivity index (χ2n) is 4.46. The minimum absolute atomic E-state index is 0.211. The van der Waals surface area contributed by atoms with Crippen LogP contribution in [0.2, 0.25) is 0 Å². The summed E-state index contributed by atoms with van der Waals surface area (Å²) in [7, 11) is 0. The molecular formula is C14H24N2O. The van der Waals surface area contributed by atoms with Crippen molar-refractivity contribution in [3.8, 4) is 0 Å². The maximum absolute atomic E-state index is 9.11. The zero-order valence-electron chi connectivity index (χ0n) is 10.9. The summed E-state index contributed by atoms with van der Waals surface area (Å²) in [6.45, 7) is 6.33. The van der Waals surface area contributed by atoms with Gasteiger partial charge in [0.1, 0.15) is 0 Å². The number of nitrogen functional groups attached to an aromatic ring is 1. The van der Waals surface area contributed by atoms with Gasteiger partial charge in [0.2, 0.25) is 0 Å². The Bertz CT molecular complexity index is 311. The average Bonchev–Trinajstić information content (AvgIpc) is 2.34. The number of aliphatic hydroxyl groups is 1. The molecule has 0 radical (unpaired) electrons. The highest BCUT2D eigenvalue weighted by atomic mass is 16.3. The van der Waals surface area contributed by atoms with E-state index in [0.717, 1.165) is 18.8 Å². The molecule has 0 aliphatic heterocycles. The van der Waals surface area contributed by atoms with Gasteiger partial charge in [0.15, 0.2) is 0 Å². The van der Waals surface area contributed by atoms with E-state index in [9.17, 15) is 0 Å². The molecular weight excluding hydrogens is 212 g/mol. The third kappa shape index (κ3) is 4.36. The Kier molecular flexibility index (Phi) is 6.01. The number of hydrogen-bond donors (Lipinski definition) is 2. The van der Waals surface area contributed by atoms with Gasteiger partial charge < -0.3 is 10.8 Å². The molecule has 1 aromatic rings. The van der Waals surface area contributed by atoms with Crippen molar-refractivity contribution in [2.45, 2.75) is 32.7 Å². The number of rotatable bonds is 7. The molecule has 0 aliphatic carbocycles. The topological polar surface area (TPSA) is 49.5 Å². The zero-order valence-corrected chi connectivity index (χ0v) is 10.9. The number of hydrogen-bond acceptors (Lipinski definition) is 3. The van der Waals surface area contributed by atoms with E-state index in [4.69, 9.17) is 10.8 Å². The summed E-state index contributed by atoms with van der Waals surface area (Å²) in [5.41, 5.74) is 7.74. The molecule has 0 heterocycles. The molecule has 1 unspecified atom stereocenters. The first-order valence-electron chi connectivity index (χ1n) is 6.39. The summed E-state index contributed by atoms with van der Waals surface area (Å²) in [5, 5.41) is 9.11. The lowest BCUT2D eigenvalue weighted by Crippen LogP contribution is -2.30. The Hall–Kier alpha value is -1.06. The number of benzene rings is 1. The molecule has 1 atom stereocenters. The minimum Gasteiger partial charge on any atom is -0.399 e. The van der Waals surface area contributed by atoms with Gasteiger partial charge in [-0.15, -0.1) is 0 Å².